The molecule has 1 aliphatic rings. The van der Waals surface area contributed by atoms with Gasteiger partial charge in [0.2, 0.25) is 10.0 Å². The van der Waals surface area contributed by atoms with Crippen LogP contribution in [0.4, 0.5) is 0 Å². The van der Waals surface area contributed by atoms with Gasteiger partial charge < -0.3 is 10.0 Å². The van der Waals surface area contributed by atoms with Gasteiger partial charge in [0.15, 0.2) is 0 Å². The fourth-order valence-corrected chi connectivity index (χ4v) is 4.79. The molecule has 1 aromatic carbocycles. The Bertz CT molecular complexity index is 774. The van der Waals surface area contributed by atoms with Crippen LogP contribution in [0.15, 0.2) is 29.2 Å². The minimum atomic E-state index is -3.68. The average molecular weight is 382 g/mol. The summed E-state index contributed by atoms with van der Waals surface area (Å²) >= 11 is 0. The highest BCUT2D eigenvalue weighted by molar-refractivity contribution is 7.89. The molecule has 0 bridgehead atoms. The molecule has 26 heavy (non-hydrogen) atoms. The van der Waals surface area contributed by atoms with Gasteiger partial charge in [-0.25, -0.2) is 13.2 Å². The first-order chi connectivity index (χ1) is 12.2. The molecule has 0 radical (unpaired) electrons. The fourth-order valence-electron chi connectivity index (χ4n) is 3.29. The molecule has 0 aromatic heterocycles. The van der Waals surface area contributed by atoms with Gasteiger partial charge in [-0.15, -0.1) is 0 Å². The topological polar surface area (TPSA) is 95.0 Å². The molecule has 2 atom stereocenters. The summed E-state index contributed by atoms with van der Waals surface area (Å²) in [6.07, 6.45) is 1.13. The lowest BCUT2D eigenvalue weighted by Gasteiger charge is -2.36. The highest BCUT2D eigenvalue weighted by atomic mass is 32.2. The number of hydrogen-bond acceptors (Lipinski definition) is 4. The summed E-state index contributed by atoms with van der Waals surface area (Å²) < 4.78 is 26.7. The van der Waals surface area contributed by atoms with Crippen LogP contribution in [0.3, 0.4) is 0 Å². The zero-order valence-electron chi connectivity index (χ0n) is 15.4. The van der Waals surface area contributed by atoms with E-state index in [4.69, 9.17) is 0 Å². The van der Waals surface area contributed by atoms with Crippen LogP contribution in [-0.2, 0) is 14.8 Å². The standard InChI is InChI=1S/C18H26N2O5S/c1-4-19(5-2)26(24,25)15-8-6-7-14(12-15)17(21)20-10-9-13(3)11-16(20)18(22)23/h6-8,12-13,16H,4-5,9-11H2,1-3H3,(H,22,23). The maximum Gasteiger partial charge on any atom is 0.326 e. The van der Waals surface area contributed by atoms with Crippen molar-refractivity contribution in [2.45, 2.75) is 44.6 Å². The lowest BCUT2D eigenvalue weighted by Crippen LogP contribution is -2.49. The predicted octanol–water partition coefficient (Wildman–Crippen LogP) is 2.04. The summed E-state index contributed by atoms with van der Waals surface area (Å²) in [5, 5.41) is 9.45. The Kier molecular flexibility index (Phi) is 6.41. The van der Waals surface area contributed by atoms with Gasteiger partial charge in [-0.2, -0.15) is 4.31 Å². The third-order valence-electron chi connectivity index (χ3n) is 4.83. The van der Waals surface area contributed by atoms with E-state index in [0.717, 1.165) is 6.42 Å². The van der Waals surface area contributed by atoms with E-state index in [1.807, 2.05) is 6.92 Å². The number of likely N-dealkylation sites (tertiary alicyclic amines) is 1. The number of benzene rings is 1. The van der Waals surface area contributed by atoms with Crippen LogP contribution in [0, 0.1) is 5.92 Å². The molecule has 0 saturated carbocycles. The van der Waals surface area contributed by atoms with Crippen LogP contribution in [-0.4, -0.2) is 60.3 Å². The average Bonchev–Trinajstić information content (AvgIpc) is 2.62. The van der Waals surface area contributed by atoms with E-state index in [1.165, 1.54) is 33.5 Å². The number of amides is 1. The van der Waals surface area contributed by atoms with Crippen LogP contribution < -0.4 is 0 Å². The summed E-state index contributed by atoms with van der Waals surface area (Å²) in [6.45, 7) is 6.49. The minimum absolute atomic E-state index is 0.0457. The molecule has 1 aromatic rings. The normalized spacial score (nSPS) is 21.0. The van der Waals surface area contributed by atoms with Crippen molar-refractivity contribution in [3.05, 3.63) is 29.8 Å². The third-order valence-corrected chi connectivity index (χ3v) is 6.88. The van der Waals surface area contributed by atoms with Crippen LogP contribution in [0.5, 0.6) is 0 Å². The monoisotopic (exact) mass is 382 g/mol. The lowest BCUT2D eigenvalue weighted by atomic mass is 9.92. The van der Waals surface area contributed by atoms with Gasteiger partial charge in [0.05, 0.1) is 4.90 Å². The van der Waals surface area contributed by atoms with Crippen LogP contribution in [0.25, 0.3) is 0 Å². The third kappa shape index (κ3) is 4.07. The quantitative estimate of drug-likeness (QED) is 0.812. The molecule has 1 aliphatic heterocycles. The number of sulfonamides is 1. The Balaban J connectivity index is 2.35. The number of carboxylic acid groups (broad SMARTS) is 1. The highest BCUT2D eigenvalue weighted by Gasteiger charge is 2.35. The second-order valence-electron chi connectivity index (χ2n) is 6.60. The summed E-state index contributed by atoms with van der Waals surface area (Å²) in [7, 11) is -3.68. The maximum atomic E-state index is 12.9. The number of aliphatic carboxylic acids is 1. The molecule has 1 heterocycles. The van der Waals surface area contributed by atoms with Crippen molar-refractivity contribution in [1.29, 1.82) is 0 Å². The summed E-state index contributed by atoms with van der Waals surface area (Å²) in [4.78, 5) is 25.8. The van der Waals surface area contributed by atoms with E-state index in [1.54, 1.807) is 13.8 Å². The number of hydrogen-bond donors (Lipinski definition) is 1. The first kappa shape index (κ1) is 20.4. The van der Waals surface area contributed by atoms with Crippen molar-refractivity contribution in [2.75, 3.05) is 19.6 Å². The Morgan fingerprint density at radius 3 is 2.50 bits per heavy atom. The largest absolute Gasteiger partial charge is 0.480 e. The molecule has 7 nitrogen and oxygen atoms in total. The summed E-state index contributed by atoms with van der Waals surface area (Å²) in [5.74, 6) is -1.24. The fraction of sp³-hybridized carbons (Fsp3) is 0.556. The smallest absolute Gasteiger partial charge is 0.326 e. The van der Waals surface area contributed by atoms with Crippen molar-refractivity contribution in [2.24, 2.45) is 5.92 Å². The number of carboxylic acids is 1. The number of carbonyl (C=O) groups excluding carboxylic acids is 1. The highest BCUT2D eigenvalue weighted by Crippen LogP contribution is 2.25. The van der Waals surface area contributed by atoms with Crippen molar-refractivity contribution in [3.63, 3.8) is 0 Å². The molecule has 2 rings (SSSR count). The van der Waals surface area contributed by atoms with E-state index < -0.39 is 27.9 Å². The number of nitrogens with zero attached hydrogens (tertiary/aromatic N) is 2. The van der Waals surface area contributed by atoms with Crippen LogP contribution in [0.2, 0.25) is 0 Å². The van der Waals surface area contributed by atoms with E-state index in [-0.39, 0.29) is 16.4 Å². The minimum Gasteiger partial charge on any atom is -0.480 e. The van der Waals surface area contributed by atoms with Gasteiger partial charge >= 0.3 is 5.97 Å². The van der Waals surface area contributed by atoms with E-state index in [9.17, 15) is 23.1 Å². The first-order valence-electron chi connectivity index (χ1n) is 8.86. The van der Waals surface area contributed by atoms with Gasteiger partial charge in [0, 0.05) is 25.2 Å². The molecular formula is C18H26N2O5S. The Morgan fingerprint density at radius 1 is 1.27 bits per heavy atom. The van der Waals surface area contributed by atoms with Crippen molar-refractivity contribution in [1.82, 2.24) is 9.21 Å². The van der Waals surface area contributed by atoms with Gasteiger partial charge in [-0.3, -0.25) is 4.79 Å². The molecular weight excluding hydrogens is 356 g/mol. The van der Waals surface area contributed by atoms with Gasteiger partial charge in [-0.05, 0) is 37.0 Å². The molecule has 0 aliphatic carbocycles. The van der Waals surface area contributed by atoms with Crippen LogP contribution >= 0.6 is 0 Å². The van der Waals surface area contributed by atoms with E-state index in [2.05, 4.69) is 0 Å². The summed E-state index contributed by atoms with van der Waals surface area (Å²) in [5.41, 5.74) is 0.194. The molecule has 1 fully saturated rings. The van der Waals surface area contributed by atoms with Gasteiger partial charge in [-0.1, -0.05) is 26.8 Å². The van der Waals surface area contributed by atoms with Gasteiger partial charge in [0.1, 0.15) is 6.04 Å². The van der Waals surface area contributed by atoms with Gasteiger partial charge in [0.25, 0.3) is 5.91 Å². The molecule has 1 saturated heterocycles. The zero-order chi connectivity index (χ0) is 19.5. The Morgan fingerprint density at radius 2 is 1.92 bits per heavy atom. The second-order valence-corrected chi connectivity index (χ2v) is 8.54. The predicted molar refractivity (Wildman–Crippen MR) is 97.4 cm³/mol. The first-order valence-corrected chi connectivity index (χ1v) is 10.3. The molecule has 1 amide bonds. The van der Waals surface area contributed by atoms with Crippen molar-refractivity contribution in [3.8, 4) is 0 Å². The van der Waals surface area contributed by atoms with E-state index >= 15 is 0 Å². The molecule has 1 N–H and O–H groups in total. The summed E-state index contributed by atoms with van der Waals surface area (Å²) in [6, 6.07) is 4.96. The Hall–Kier alpha value is -1.93. The lowest BCUT2D eigenvalue weighted by molar-refractivity contribution is -0.144. The maximum absolute atomic E-state index is 12.9. The second kappa shape index (κ2) is 8.18. The molecule has 144 valence electrons. The number of carbonyl (C=O) groups is 2. The Labute approximate surface area is 154 Å². The molecule has 2 unspecified atom stereocenters. The zero-order valence-corrected chi connectivity index (χ0v) is 16.2. The van der Waals surface area contributed by atoms with Crippen molar-refractivity contribution >= 4 is 21.9 Å². The number of rotatable bonds is 6. The van der Waals surface area contributed by atoms with Crippen LogP contribution in [0.1, 0.15) is 44.0 Å². The number of piperidine rings is 1. The molecule has 0 spiro atoms. The van der Waals surface area contributed by atoms with Crippen molar-refractivity contribution < 1.29 is 23.1 Å². The van der Waals surface area contributed by atoms with E-state index in [0.29, 0.717) is 26.1 Å². The molecule has 8 heteroatoms. The SMILES string of the molecule is CCN(CC)S(=O)(=O)c1cccc(C(=O)N2CCC(C)CC2C(=O)O)c1.